The van der Waals surface area contributed by atoms with Gasteiger partial charge in [-0.1, -0.05) is 6.07 Å². The van der Waals surface area contributed by atoms with Crippen LogP contribution in [0.15, 0.2) is 24.4 Å². The summed E-state index contributed by atoms with van der Waals surface area (Å²) in [4.78, 5) is 8.56. The van der Waals surface area contributed by atoms with E-state index in [1.807, 2.05) is 39.0 Å². The number of nitrogens with two attached hydrogens (primary N) is 1. The second-order valence-electron chi connectivity index (χ2n) is 4.62. The predicted molar refractivity (Wildman–Crippen MR) is 89.0 cm³/mol. The number of benzene rings is 1. The molecule has 0 aliphatic rings. The third-order valence-electron chi connectivity index (χ3n) is 2.86. The van der Waals surface area contributed by atoms with Gasteiger partial charge in [-0.25, -0.2) is 9.97 Å². The molecule has 1 heterocycles. The number of aromatic nitrogens is 2. The minimum absolute atomic E-state index is 0.366. The van der Waals surface area contributed by atoms with E-state index in [0.29, 0.717) is 34.6 Å². The Balaban J connectivity index is 2.38. The Morgan fingerprint density at radius 2 is 2.14 bits per heavy atom. The molecule has 0 saturated heterocycles. The predicted octanol–water partition coefficient (Wildman–Crippen LogP) is 3.13. The van der Waals surface area contributed by atoms with Gasteiger partial charge >= 0.3 is 0 Å². The Morgan fingerprint density at radius 3 is 2.81 bits per heavy atom. The maximum absolute atomic E-state index is 6.02. The van der Waals surface area contributed by atoms with Crippen molar-refractivity contribution in [3.05, 3.63) is 41.3 Å². The largest absolute Gasteiger partial charge is 0.483 e. The van der Waals surface area contributed by atoms with Crippen molar-refractivity contribution in [3.63, 3.8) is 0 Å². The smallest absolute Gasteiger partial charge is 0.196 e. The van der Waals surface area contributed by atoms with Gasteiger partial charge in [-0.3, -0.25) is 0 Å². The van der Waals surface area contributed by atoms with Crippen LogP contribution in [0.25, 0.3) is 0 Å². The number of nitrogens with zero attached hydrogens (tertiary/aromatic N) is 2. The first-order valence-electron chi connectivity index (χ1n) is 6.65. The van der Waals surface area contributed by atoms with Crippen LogP contribution in [0.1, 0.15) is 23.9 Å². The minimum atomic E-state index is 0.366. The maximum atomic E-state index is 6.02. The number of nitrogens with one attached hydrogen (secondary N) is 1. The average molecular weight is 302 g/mol. The Hall–Kier alpha value is -2.21. The molecule has 5 nitrogen and oxygen atoms in total. The highest BCUT2D eigenvalue weighted by molar-refractivity contribution is 7.80. The van der Waals surface area contributed by atoms with E-state index in [2.05, 4.69) is 15.3 Å². The van der Waals surface area contributed by atoms with E-state index in [1.54, 1.807) is 6.20 Å². The molecule has 110 valence electrons. The van der Waals surface area contributed by atoms with Gasteiger partial charge in [0.05, 0.1) is 23.5 Å². The highest BCUT2D eigenvalue weighted by atomic mass is 32.1. The lowest BCUT2D eigenvalue weighted by Crippen LogP contribution is -2.10. The van der Waals surface area contributed by atoms with Crippen LogP contribution in [-0.4, -0.2) is 21.6 Å². The molecule has 0 saturated carbocycles. The molecule has 21 heavy (non-hydrogen) atoms. The molecule has 0 amide bonds. The number of thiocarbonyl (C=S) groups is 1. The first-order valence-corrected chi connectivity index (χ1v) is 7.06. The Morgan fingerprint density at radius 1 is 1.38 bits per heavy atom. The normalized spacial score (nSPS) is 10.2. The van der Waals surface area contributed by atoms with Crippen LogP contribution >= 0.6 is 12.2 Å². The zero-order chi connectivity index (χ0) is 15.4. The van der Waals surface area contributed by atoms with Gasteiger partial charge < -0.3 is 15.8 Å². The Bertz CT molecular complexity index is 673. The van der Waals surface area contributed by atoms with Crippen LogP contribution in [0, 0.1) is 13.8 Å². The summed E-state index contributed by atoms with van der Waals surface area (Å²) in [5.41, 5.74) is 9.20. The molecule has 2 aromatic rings. The molecule has 2 rings (SSSR count). The molecule has 1 aromatic carbocycles. The van der Waals surface area contributed by atoms with Crippen molar-refractivity contribution in [3.8, 4) is 0 Å². The summed E-state index contributed by atoms with van der Waals surface area (Å²) in [5, 5.41) is 3.57. The fourth-order valence-corrected chi connectivity index (χ4v) is 2.11. The lowest BCUT2D eigenvalue weighted by atomic mass is 10.2. The molecule has 3 N–H and O–H groups in total. The van der Waals surface area contributed by atoms with Crippen molar-refractivity contribution in [1.82, 2.24) is 9.97 Å². The van der Waals surface area contributed by atoms with Gasteiger partial charge in [0, 0.05) is 6.20 Å². The summed E-state index contributed by atoms with van der Waals surface area (Å²) in [7, 11) is 0. The van der Waals surface area contributed by atoms with Crippen molar-refractivity contribution in [2.75, 3.05) is 17.7 Å². The molecule has 0 atom stereocenters. The molecular weight excluding hydrogens is 284 g/mol. The summed E-state index contributed by atoms with van der Waals surface area (Å²) in [6, 6.07) is 5.79. The van der Waals surface area contributed by atoms with Crippen LogP contribution in [0.3, 0.4) is 0 Å². The van der Waals surface area contributed by atoms with Crippen LogP contribution in [0.4, 0.5) is 17.2 Å². The van der Waals surface area contributed by atoms with Crippen LogP contribution in [-0.2, 0) is 4.74 Å². The first kappa shape index (κ1) is 15.2. The molecule has 0 fully saturated rings. The number of nitrogen functional groups attached to an aromatic ring is 1. The fraction of sp³-hybridized carbons (Fsp3) is 0.267. The number of anilines is 3. The second-order valence-corrected chi connectivity index (χ2v) is 4.99. The van der Waals surface area contributed by atoms with E-state index in [9.17, 15) is 0 Å². The summed E-state index contributed by atoms with van der Waals surface area (Å²) >= 11 is 5.25. The monoisotopic (exact) mass is 302 g/mol. The van der Waals surface area contributed by atoms with Gasteiger partial charge in [0.15, 0.2) is 5.05 Å². The van der Waals surface area contributed by atoms with Crippen LogP contribution in [0.5, 0.6) is 0 Å². The summed E-state index contributed by atoms with van der Waals surface area (Å²) in [6.45, 7) is 6.19. The van der Waals surface area contributed by atoms with E-state index in [0.717, 1.165) is 11.3 Å². The topological polar surface area (TPSA) is 73.1 Å². The standard InChI is InChI=1S/C15H18N4OS/c1-4-20-15(21)11-8-17-10(3)18-14(11)19-13-6-5-9(2)7-12(13)16/h5-8H,4,16H2,1-3H3,(H,17,18,19). The molecule has 0 aliphatic heterocycles. The molecule has 0 unspecified atom stereocenters. The van der Waals surface area contributed by atoms with Gasteiger partial charge in [-0.05, 0) is 50.7 Å². The van der Waals surface area contributed by atoms with E-state index >= 15 is 0 Å². The number of hydrogen-bond donors (Lipinski definition) is 2. The van der Waals surface area contributed by atoms with Gasteiger partial charge in [0.2, 0.25) is 0 Å². The molecule has 0 bridgehead atoms. The number of ether oxygens (including phenoxy) is 1. The fourth-order valence-electron chi connectivity index (χ4n) is 1.85. The number of aryl methyl sites for hydroxylation is 2. The van der Waals surface area contributed by atoms with Crippen molar-refractivity contribution >= 4 is 34.5 Å². The van der Waals surface area contributed by atoms with E-state index < -0.39 is 0 Å². The molecule has 0 radical (unpaired) electrons. The molecule has 0 spiro atoms. The zero-order valence-electron chi connectivity index (χ0n) is 12.3. The van der Waals surface area contributed by atoms with E-state index in [1.165, 1.54) is 0 Å². The Kier molecular flexibility index (Phi) is 4.70. The molecule has 1 aromatic heterocycles. The minimum Gasteiger partial charge on any atom is -0.483 e. The summed E-state index contributed by atoms with van der Waals surface area (Å²) in [5.74, 6) is 1.24. The van der Waals surface area contributed by atoms with Crippen molar-refractivity contribution < 1.29 is 4.74 Å². The van der Waals surface area contributed by atoms with Gasteiger partial charge in [0.25, 0.3) is 0 Å². The lowest BCUT2D eigenvalue weighted by Gasteiger charge is -2.14. The van der Waals surface area contributed by atoms with Crippen LogP contribution < -0.4 is 11.1 Å². The van der Waals surface area contributed by atoms with Crippen molar-refractivity contribution in [2.45, 2.75) is 20.8 Å². The van der Waals surface area contributed by atoms with E-state index in [-0.39, 0.29) is 0 Å². The zero-order valence-corrected chi connectivity index (χ0v) is 13.1. The van der Waals surface area contributed by atoms with E-state index in [4.69, 9.17) is 22.7 Å². The van der Waals surface area contributed by atoms with Crippen LogP contribution in [0.2, 0.25) is 0 Å². The van der Waals surface area contributed by atoms with Gasteiger partial charge in [-0.15, -0.1) is 0 Å². The highest BCUT2D eigenvalue weighted by Gasteiger charge is 2.13. The molecular formula is C15H18N4OS. The Labute approximate surface area is 129 Å². The first-order chi connectivity index (χ1) is 10.0. The van der Waals surface area contributed by atoms with Crippen molar-refractivity contribution in [2.24, 2.45) is 0 Å². The summed E-state index contributed by atoms with van der Waals surface area (Å²) in [6.07, 6.45) is 1.66. The van der Waals surface area contributed by atoms with Crippen molar-refractivity contribution in [1.29, 1.82) is 0 Å². The number of hydrogen-bond acceptors (Lipinski definition) is 6. The SMILES string of the molecule is CCOC(=S)c1cnc(C)nc1Nc1ccc(C)cc1N. The molecule has 0 aliphatic carbocycles. The third-order valence-corrected chi connectivity index (χ3v) is 3.20. The number of rotatable bonds is 4. The maximum Gasteiger partial charge on any atom is 0.196 e. The summed E-state index contributed by atoms with van der Waals surface area (Å²) < 4.78 is 5.38. The molecule has 6 heteroatoms. The lowest BCUT2D eigenvalue weighted by molar-refractivity contribution is 0.337. The van der Waals surface area contributed by atoms with Gasteiger partial charge in [0.1, 0.15) is 11.6 Å². The highest BCUT2D eigenvalue weighted by Crippen LogP contribution is 2.25. The van der Waals surface area contributed by atoms with Gasteiger partial charge in [-0.2, -0.15) is 0 Å². The average Bonchev–Trinajstić information content (AvgIpc) is 2.42. The second kappa shape index (κ2) is 6.49. The quantitative estimate of drug-likeness (QED) is 0.668. The third kappa shape index (κ3) is 3.66.